The molecule has 8 rings (SSSR count). The first kappa shape index (κ1) is 27.0. The second-order valence-corrected chi connectivity index (χ2v) is 12.2. The highest BCUT2D eigenvalue weighted by atomic mass is 32.2. The number of rotatable bonds is 2. The molecule has 2 heterocycles. The molecule has 0 saturated carbocycles. The molecule has 44 heavy (non-hydrogen) atoms. The molecule has 10 heteroatoms. The monoisotopic (exact) mass is 630 g/mol. The van der Waals surface area contributed by atoms with Gasteiger partial charge in [0.05, 0.1) is 33.5 Å². The van der Waals surface area contributed by atoms with Crippen molar-refractivity contribution >= 4 is 68.4 Å². The maximum absolute atomic E-state index is 16.5. The zero-order chi connectivity index (χ0) is 30.3. The Morgan fingerprint density at radius 1 is 0.341 bits per heavy atom. The molecule has 0 unspecified atom stereocenters. The van der Waals surface area contributed by atoms with Crippen molar-refractivity contribution in [2.45, 2.75) is 19.6 Å². The van der Waals surface area contributed by atoms with Crippen LogP contribution in [-0.4, -0.2) is 0 Å². The van der Waals surface area contributed by atoms with E-state index in [4.69, 9.17) is 0 Å². The summed E-state index contributed by atoms with van der Waals surface area (Å²) in [5.41, 5.74) is -0.777. The Bertz CT molecular complexity index is 1940. The zero-order valence-corrected chi connectivity index (χ0v) is 23.8. The topological polar surface area (TPSA) is 6.48 Å². The molecular weight excluding hydrogens is 615 g/mol. The van der Waals surface area contributed by atoms with Gasteiger partial charge in [0.2, 0.25) is 0 Å². The highest BCUT2D eigenvalue weighted by Crippen LogP contribution is 2.56. The zero-order valence-electron chi connectivity index (χ0n) is 22.2. The molecule has 0 radical (unpaired) electrons. The van der Waals surface area contributed by atoms with Gasteiger partial charge >= 0.3 is 0 Å². The molecule has 0 spiro atoms. The van der Waals surface area contributed by atoms with Crippen molar-refractivity contribution in [3.63, 3.8) is 0 Å². The number of nitrogens with zero attached hydrogens (tertiary/aromatic N) is 2. The average molecular weight is 631 g/mol. The standard InChI is InChI=1S/C34H16F6N2S2/c35-27-26-25(29(37)33(31(27)39)41-17-9-1-5-13-21(17)43-22-14-6-2-10-18(22)41)28(36)32(40)34(30(26)38)42-19-11-3-7-15-23(19)44-24-16-8-4-12-20(24)42/h1-16H. The van der Waals surface area contributed by atoms with Crippen molar-refractivity contribution in [3.05, 3.63) is 132 Å². The van der Waals surface area contributed by atoms with E-state index >= 15 is 26.3 Å². The summed E-state index contributed by atoms with van der Waals surface area (Å²) < 4.78 is 97.6. The van der Waals surface area contributed by atoms with Crippen molar-refractivity contribution < 1.29 is 26.3 Å². The van der Waals surface area contributed by atoms with Crippen LogP contribution >= 0.6 is 23.5 Å². The summed E-state index contributed by atoms with van der Waals surface area (Å²) in [7, 11) is 0. The number of hydrogen-bond donors (Lipinski definition) is 0. The molecule has 2 nitrogen and oxygen atoms in total. The largest absolute Gasteiger partial charge is 0.303 e. The van der Waals surface area contributed by atoms with Gasteiger partial charge in [0.15, 0.2) is 34.9 Å². The fourth-order valence-corrected chi connectivity index (χ4v) is 7.89. The van der Waals surface area contributed by atoms with Crippen LogP contribution in [0.15, 0.2) is 117 Å². The van der Waals surface area contributed by atoms with Crippen LogP contribution in [0.3, 0.4) is 0 Å². The molecule has 0 N–H and O–H groups in total. The van der Waals surface area contributed by atoms with Crippen LogP contribution in [0.2, 0.25) is 0 Å². The lowest BCUT2D eigenvalue weighted by Crippen LogP contribution is -2.21. The van der Waals surface area contributed by atoms with Crippen molar-refractivity contribution in [2.24, 2.45) is 0 Å². The van der Waals surface area contributed by atoms with Gasteiger partial charge in [-0.3, -0.25) is 0 Å². The van der Waals surface area contributed by atoms with E-state index in [1.165, 1.54) is 23.5 Å². The maximum Gasteiger partial charge on any atom is 0.186 e. The highest BCUT2D eigenvalue weighted by molar-refractivity contribution is 8.00. The predicted molar refractivity (Wildman–Crippen MR) is 161 cm³/mol. The molecule has 216 valence electrons. The Balaban J connectivity index is 1.43. The van der Waals surface area contributed by atoms with Crippen molar-refractivity contribution in [1.29, 1.82) is 0 Å². The van der Waals surface area contributed by atoms with E-state index in [9.17, 15) is 0 Å². The fourth-order valence-electron chi connectivity index (χ4n) is 5.77. The lowest BCUT2D eigenvalue weighted by molar-refractivity contribution is 0.484. The number of benzene rings is 6. The SMILES string of the molecule is Fc1c(N2c3ccccc3Sc3ccccc32)c(F)c2c(F)c(F)c(N3c4ccccc4Sc4ccccc43)c(F)c2c1F. The second-order valence-electron chi connectivity index (χ2n) is 10.1. The Morgan fingerprint density at radius 3 is 0.909 bits per heavy atom. The summed E-state index contributed by atoms with van der Waals surface area (Å²) in [6, 6.07) is 26.6. The summed E-state index contributed by atoms with van der Waals surface area (Å²) in [4.78, 5) is 4.62. The van der Waals surface area contributed by atoms with Gasteiger partial charge in [0.25, 0.3) is 0 Å². The summed E-state index contributed by atoms with van der Waals surface area (Å²) >= 11 is 2.67. The van der Waals surface area contributed by atoms with E-state index < -0.39 is 57.1 Å². The molecule has 6 aromatic rings. The summed E-state index contributed by atoms with van der Waals surface area (Å²) in [5, 5.41) is -2.64. The number of hydrogen-bond acceptors (Lipinski definition) is 4. The van der Waals surface area contributed by atoms with Crippen molar-refractivity contribution in [2.75, 3.05) is 9.80 Å². The van der Waals surface area contributed by atoms with E-state index in [1.54, 1.807) is 97.1 Å². The quantitative estimate of drug-likeness (QED) is 0.138. The number of halogens is 6. The van der Waals surface area contributed by atoms with E-state index in [-0.39, 0.29) is 0 Å². The van der Waals surface area contributed by atoms with Crippen LogP contribution in [0, 0.1) is 34.9 Å². The molecule has 0 aromatic heterocycles. The molecule has 0 bridgehead atoms. The van der Waals surface area contributed by atoms with E-state index in [0.29, 0.717) is 42.3 Å². The molecule has 0 saturated heterocycles. The fraction of sp³-hybridized carbons (Fsp3) is 0. The Morgan fingerprint density at radius 2 is 0.614 bits per heavy atom. The number of fused-ring (bicyclic) bond motifs is 5. The van der Waals surface area contributed by atoms with Gasteiger partial charge in [-0.15, -0.1) is 0 Å². The van der Waals surface area contributed by atoms with Crippen LogP contribution in [0.5, 0.6) is 0 Å². The minimum absolute atomic E-state index is 0.296. The van der Waals surface area contributed by atoms with Gasteiger partial charge in [-0.1, -0.05) is 72.1 Å². The second kappa shape index (κ2) is 10.0. The van der Waals surface area contributed by atoms with Gasteiger partial charge in [-0.2, -0.15) is 0 Å². The Kier molecular flexibility index (Phi) is 6.15. The third-order valence-corrected chi connectivity index (χ3v) is 9.92. The highest BCUT2D eigenvalue weighted by Gasteiger charge is 2.38. The predicted octanol–water partition coefficient (Wildman–Crippen LogP) is 11.5. The molecular formula is C34H16F6N2S2. The van der Waals surface area contributed by atoms with Crippen LogP contribution < -0.4 is 9.80 Å². The summed E-state index contributed by atoms with van der Waals surface area (Å²) in [6.45, 7) is 0. The van der Waals surface area contributed by atoms with Crippen molar-refractivity contribution in [1.82, 2.24) is 0 Å². The molecule has 0 amide bonds. The van der Waals surface area contributed by atoms with Gasteiger partial charge in [-0.05, 0) is 48.5 Å². The molecule has 2 aliphatic rings. The molecule has 0 atom stereocenters. The molecule has 0 aliphatic carbocycles. The van der Waals surface area contributed by atoms with Gasteiger partial charge in [-0.25, -0.2) is 26.3 Å². The van der Waals surface area contributed by atoms with Crippen LogP contribution in [0.25, 0.3) is 10.8 Å². The lowest BCUT2D eigenvalue weighted by Gasteiger charge is -2.34. The molecule has 6 aromatic carbocycles. The van der Waals surface area contributed by atoms with Gasteiger partial charge < -0.3 is 9.80 Å². The van der Waals surface area contributed by atoms with E-state index in [1.807, 2.05) is 0 Å². The first-order chi connectivity index (χ1) is 21.4. The van der Waals surface area contributed by atoms with E-state index in [0.717, 1.165) is 9.80 Å². The normalized spacial score (nSPS) is 13.4. The minimum Gasteiger partial charge on any atom is -0.303 e. The number of para-hydroxylation sites is 4. The Hall–Kier alpha value is -4.54. The maximum atomic E-state index is 16.5. The first-order valence-corrected chi connectivity index (χ1v) is 15.0. The first-order valence-electron chi connectivity index (χ1n) is 13.4. The molecule has 0 fully saturated rings. The smallest absolute Gasteiger partial charge is 0.186 e. The van der Waals surface area contributed by atoms with Crippen molar-refractivity contribution in [3.8, 4) is 0 Å². The Labute approximate surface area is 255 Å². The van der Waals surface area contributed by atoms with Crippen LogP contribution in [-0.2, 0) is 0 Å². The third-order valence-electron chi connectivity index (χ3n) is 7.66. The summed E-state index contributed by atoms with van der Waals surface area (Å²) in [5.74, 6) is -10.4. The average Bonchev–Trinajstić information content (AvgIpc) is 3.04. The van der Waals surface area contributed by atoms with Crippen LogP contribution in [0.1, 0.15) is 0 Å². The van der Waals surface area contributed by atoms with Crippen LogP contribution in [0.4, 0.5) is 60.5 Å². The van der Waals surface area contributed by atoms with Gasteiger partial charge in [0.1, 0.15) is 11.4 Å². The minimum atomic E-state index is -1.84. The number of anilines is 6. The van der Waals surface area contributed by atoms with Gasteiger partial charge in [0, 0.05) is 19.6 Å². The lowest BCUT2D eigenvalue weighted by atomic mass is 10.0. The third kappa shape index (κ3) is 3.74. The van der Waals surface area contributed by atoms with E-state index in [2.05, 4.69) is 0 Å². The molecule has 2 aliphatic heterocycles. The summed E-state index contributed by atoms with van der Waals surface area (Å²) in [6.07, 6.45) is 0.